The standard InChI is InChI=1S/C34H16N6/c35-17-21-9-10-32-28(14-21)29-15-24(20-38)16-33(34(29)39(32)25-12-22(18-36)11-23(13-25)19-37)40-30-7-3-1-5-26(30)27-6-2-4-8-31(27)40/h1-16H. The van der Waals surface area contributed by atoms with Gasteiger partial charge < -0.3 is 9.13 Å². The monoisotopic (exact) mass is 508 g/mol. The van der Waals surface area contributed by atoms with Gasteiger partial charge in [0.1, 0.15) is 0 Å². The zero-order valence-corrected chi connectivity index (χ0v) is 20.9. The number of hydrogen-bond donors (Lipinski definition) is 0. The zero-order valence-electron chi connectivity index (χ0n) is 20.9. The molecule has 7 aromatic rings. The highest BCUT2D eigenvalue weighted by molar-refractivity contribution is 6.15. The average molecular weight is 509 g/mol. The molecule has 0 amide bonds. The molecule has 6 heteroatoms. The van der Waals surface area contributed by atoms with Gasteiger partial charge in [-0.2, -0.15) is 21.0 Å². The van der Waals surface area contributed by atoms with E-state index in [0.717, 1.165) is 49.3 Å². The van der Waals surface area contributed by atoms with Crippen molar-refractivity contribution in [3.63, 3.8) is 0 Å². The van der Waals surface area contributed by atoms with E-state index in [-0.39, 0.29) is 0 Å². The molecule has 0 aliphatic rings. The van der Waals surface area contributed by atoms with Crippen LogP contribution in [0.3, 0.4) is 0 Å². The summed E-state index contributed by atoms with van der Waals surface area (Å²) in [5.74, 6) is 0. The second-order valence-corrected chi connectivity index (χ2v) is 9.54. The van der Waals surface area contributed by atoms with E-state index >= 15 is 0 Å². The molecule has 0 unspecified atom stereocenters. The molecule has 0 fully saturated rings. The summed E-state index contributed by atoms with van der Waals surface area (Å²) in [6.07, 6.45) is 0. The van der Waals surface area contributed by atoms with Crippen LogP contribution in [0.2, 0.25) is 0 Å². The van der Waals surface area contributed by atoms with Gasteiger partial charge in [0.2, 0.25) is 0 Å². The lowest BCUT2D eigenvalue weighted by atomic mass is 10.1. The van der Waals surface area contributed by atoms with Crippen LogP contribution >= 0.6 is 0 Å². The van der Waals surface area contributed by atoms with Gasteiger partial charge in [-0.15, -0.1) is 0 Å². The van der Waals surface area contributed by atoms with Gasteiger partial charge in [-0.05, 0) is 60.7 Å². The Hall–Kier alpha value is -6.34. The molecule has 0 atom stereocenters. The lowest BCUT2D eigenvalue weighted by Gasteiger charge is -2.15. The Morgan fingerprint density at radius 3 is 1.55 bits per heavy atom. The average Bonchev–Trinajstić information content (AvgIpc) is 3.53. The van der Waals surface area contributed by atoms with Crippen molar-refractivity contribution in [2.24, 2.45) is 0 Å². The number of hydrogen-bond acceptors (Lipinski definition) is 4. The van der Waals surface area contributed by atoms with Crippen LogP contribution in [0.25, 0.3) is 55.0 Å². The molecule has 0 radical (unpaired) electrons. The van der Waals surface area contributed by atoms with E-state index < -0.39 is 0 Å². The third-order valence-electron chi connectivity index (χ3n) is 7.35. The van der Waals surface area contributed by atoms with Gasteiger partial charge in [-0.25, -0.2) is 0 Å². The smallest absolute Gasteiger partial charge is 0.0992 e. The van der Waals surface area contributed by atoms with Crippen LogP contribution < -0.4 is 0 Å². The summed E-state index contributed by atoms with van der Waals surface area (Å²) >= 11 is 0. The molecular formula is C34H16N6. The Bertz CT molecular complexity index is 2290. The maximum atomic E-state index is 10.1. The Morgan fingerprint density at radius 1 is 0.425 bits per heavy atom. The first kappa shape index (κ1) is 22.8. The topological polar surface area (TPSA) is 105 Å². The molecule has 7 rings (SSSR count). The first-order valence-electron chi connectivity index (χ1n) is 12.5. The lowest BCUT2D eigenvalue weighted by molar-refractivity contribution is 1.13. The van der Waals surface area contributed by atoms with Gasteiger partial charge in [0.05, 0.1) is 74.3 Å². The van der Waals surface area contributed by atoms with Crippen LogP contribution in [0.15, 0.2) is 97.1 Å². The van der Waals surface area contributed by atoms with Crippen LogP contribution in [-0.2, 0) is 0 Å². The summed E-state index contributed by atoms with van der Waals surface area (Å²) in [6.45, 7) is 0. The normalized spacial score (nSPS) is 10.9. The molecule has 182 valence electrons. The summed E-state index contributed by atoms with van der Waals surface area (Å²) in [5, 5.41) is 43.0. The maximum Gasteiger partial charge on any atom is 0.0992 e. The van der Waals surface area contributed by atoms with E-state index in [2.05, 4.69) is 53.1 Å². The molecule has 2 aromatic heterocycles. The summed E-state index contributed by atoms with van der Waals surface area (Å²) in [5.41, 5.74) is 6.70. The Morgan fingerprint density at radius 2 is 0.950 bits per heavy atom. The van der Waals surface area contributed by atoms with Gasteiger partial charge in [0.15, 0.2) is 0 Å². The molecule has 40 heavy (non-hydrogen) atoms. The van der Waals surface area contributed by atoms with Crippen molar-refractivity contribution in [2.75, 3.05) is 0 Å². The highest BCUT2D eigenvalue weighted by Gasteiger charge is 2.22. The highest BCUT2D eigenvalue weighted by Crippen LogP contribution is 2.40. The fraction of sp³-hybridized carbons (Fsp3) is 0. The first-order chi connectivity index (χ1) is 19.6. The summed E-state index contributed by atoms with van der Waals surface area (Å²) < 4.78 is 4.18. The number of benzene rings is 5. The van der Waals surface area contributed by atoms with Gasteiger partial charge in [0, 0.05) is 27.2 Å². The van der Waals surface area contributed by atoms with E-state index in [1.807, 2.05) is 53.1 Å². The van der Waals surface area contributed by atoms with Gasteiger partial charge in [-0.1, -0.05) is 36.4 Å². The quantitative estimate of drug-likeness (QED) is 0.243. The van der Waals surface area contributed by atoms with Gasteiger partial charge in [-0.3, -0.25) is 0 Å². The Labute approximate surface area is 228 Å². The molecule has 0 spiro atoms. The molecule has 0 saturated heterocycles. The van der Waals surface area contributed by atoms with Gasteiger partial charge >= 0.3 is 0 Å². The Kier molecular flexibility index (Phi) is 4.91. The number of nitrogens with zero attached hydrogens (tertiary/aromatic N) is 6. The van der Waals surface area contributed by atoms with Crippen LogP contribution in [-0.4, -0.2) is 9.13 Å². The van der Waals surface area contributed by atoms with Crippen LogP contribution in [0.1, 0.15) is 22.3 Å². The SMILES string of the molecule is N#Cc1cc(C#N)cc(-n2c3ccc(C#N)cc3c3cc(C#N)cc(-n4c5ccccc5c5ccccc54)c32)c1. The zero-order chi connectivity index (χ0) is 27.4. The molecule has 0 bridgehead atoms. The number of nitriles is 4. The third-order valence-corrected chi connectivity index (χ3v) is 7.35. The predicted molar refractivity (Wildman–Crippen MR) is 154 cm³/mol. The summed E-state index contributed by atoms with van der Waals surface area (Å²) in [6, 6.07) is 39.4. The van der Waals surface area contributed by atoms with Crippen LogP contribution in [0.4, 0.5) is 0 Å². The maximum absolute atomic E-state index is 10.1. The van der Waals surface area contributed by atoms with Crippen molar-refractivity contribution in [1.82, 2.24) is 9.13 Å². The minimum Gasteiger partial charge on any atom is -0.307 e. The van der Waals surface area contributed by atoms with Crippen molar-refractivity contribution in [2.45, 2.75) is 0 Å². The van der Waals surface area contributed by atoms with E-state index in [9.17, 15) is 21.0 Å². The van der Waals surface area contributed by atoms with Gasteiger partial charge in [0.25, 0.3) is 0 Å². The number of rotatable bonds is 2. The summed E-state index contributed by atoms with van der Waals surface area (Å²) in [4.78, 5) is 0. The number of aromatic nitrogens is 2. The molecule has 6 nitrogen and oxygen atoms in total. The number of para-hydroxylation sites is 2. The van der Waals surface area contributed by atoms with E-state index in [4.69, 9.17) is 0 Å². The van der Waals surface area contributed by atoms with Crippen molar-refractivity contribution >= 4 is 43.6 Å². The number of fused-ring (bicyclic) bond motifs is 6. The first-order valence-corrected chi connectivity index (χ1v) is 12.5. The second-order valence-electron chi connectivity index (χ2n) is 9.54. The Balaban J connectivity index is 1.76. The lowest BCUT2D eigenvalue weighted by Crippen LogP contribution is -2.02. The molecular weight excluding hydrogens is 492 g/mol. The summed E-state index contributed by atoms with van der Waals surface area (Å²) in [7, 11) is 0. The molecule has 5 aromatic carbocycles. The molecule has 0 aliphatic heterocycles. The van der Waals surface area contributed by atoms with Crippen LogP contribution in [0, 0.1) is 45.3 Å². The minimum atomic E-state index is 0.366. The van der Waals surface area contributed by atoms with E-state index in [1.165, 1.54) is 0 Å². The molecule has 0 saturated carbocycles. The van der Waals surface area contributed by atoms with E-state index in [0.29, 0.717) is 27.9 Å². The van der Waals surface area contributed by atoms with E-state index in [1.54, 1.807) is 24.3 Å². The third kappa shape index (κ3) is 3.19. The second kappa shape index (κ2) is 8.61. The highest BCUT2D eigenvalue weighted by atomic mass is 15.1. The molecule has 2 heterocycles. The predicted octanol–water partition coefficient (Wildman–Crippen LogP) is 7.37. The molecule has 0 N–H and O–H groups in total. The fourth-order valence-corrected chi connectivity index (χ4v) is 5.75. The van der Waals surface area contributed by atoms with Crippen molar-refractivity contribution in [3.05, 3.63) is 119 Å². The fourth-order valence-electron chi connectivity index (χ4n) is 5.75. The van der Waals surface area contributed by atoms with Crippen molar-refractivity contribution in [1.29, 1.82) is 21.0 Å². The largest absolute Gasteiger partial charge is 0.307 e. The van der Waals surface area contributed by atoms with Crippen molar-refractivity contribution < 1.29 is 0 Å². The van der Waals surface area contributed by atoms with Crippen molar-refractivity contribution in [3.8, 4) is 35.7 Å². The van der Waals surface area contributed by atoms with Crippen LogP contribution in [0.5, 0.6) is 0 Å². The molecule has 0 aliphatic carbocycles. The minimum absolute atomic E-state index is 0.366.